The Bertz CT molecular complexity index is 1140. The van der Waals surface area contributed by atoms with E-state index in [1.54, 1.807) is 12.2 Å². The van der Waals surface area contributed by atoms with E-state index in [0.717, 1.165) is 28.2 Å². The quantitative estimate of drug-likeness (QED) is 0.625. The lowest BCUT2D eigenvalue weighted by molar-refractivity contribution is -0.132. The topological polar surface area (TPSA) is 58.9 Å². The number of aryl methyl sites for hydroxylation is 1. The van der Waals surface area contributed by atoms with Crippen LogP contribution in [0.15, 0.2) is 82.9 Å². The van der Waals surface area contributed by atoms with E-state index in [1.807, 2.05) is 49.4 Å². The fraction of sp³-hybridized carbons (Fsp3) is 0.231. The molecule has 5 heteroatoms. The van der Waals surface area contributed by atoms with Crippen molar-refractivity contribution in [3.05, 3.63) is 94.6 Å². The van der Waals surface area contributed by atoms with Gasteiger partial charge >= 0.3 is 5.97 Å². The number of carboxylic acid groups (broad SMARTS) is 1. The number of hydrogen-bond donors (Lipinski definition) is 1. The van der Waals surface area contributed by atoms with Crippen LogP contribution in [0.5, 0.6) is 11.5 Å². The Morgan fingerprint density at radius 1 is 1.16 bits per heavy atom. The minimum atomic E-state index is -1.31. The molecule has 2 aromatic rings. The molecule has 2 aromatic carbocycles. The smallest absolute Gasteiger partial charge is 0.336 e. The standard InChI is InChI=1S/C26H24FNO3/c1-15(2)19-13-20(16(3)11-25(19)31-18-7-5-4-6-8-18)24-14-22(26(29)30)21-12-17(27)9-10-23(21)28-24/h4-15,17,24H,1-3H3,(H,29,30). The average Bonchev–Trinajstić information content (AvgIpc) is 2.73. The number of alkyl halides is 1. The number of fused-ring (bicyclic) bond motifs is 1. The molecule has 0 fully saturated rings. The highest BCUT2D eigenvalue weighted by Gasteiger charge is 2.29. The van der Waals surface area contributed by atoms with Crippen molar-refractivity contribution in [1.82, 2.24) is 0 Å². The van der Waals surface area contributed by atoms with Crippen molar-refractivity contribution in [2.75, 3.05) is 0 Å². The van der Waals surface area contributed by atoms with Crippen LogP contribution in [-0.4, -0.2) is 23.0 Å². The maximum Gasteiger partial charge on any atom is 0.336 e. The number of dihydropyridines is 1. The summed E-state index contributed by atoms with van der Waals surface area (Å²) < 4.78 is 19.9. The van der Waals surface area contributed by atoms with Crippen LogP contribution < -0.4 is 4.74 Å². The first-order chi connectivity index (χ1) is 14.8. The molecule has 0 bridgehead atoms. The van der Waals surface area contributed by atoms with Gasteiger partial charge in [-0.05, 0) is 78.1 Å². The predicted molar refractivity (Wildman–Crippen MR) is 120 cm³/mol. The summed E-state index contributed by atoms with van der Waals surface area (Å²) in [6, 6.07) is 13.1. The Kier molecular flexibility index (Phi) is 5.59. The summed E-state index contributed by atoms with van der Waals surface area (Å²) >= 11 is 0. The molecule has 1 aliphatic heterocycles. The zero-order chi connectivity index (χ0) is 22.1. The summed E-state index contributed by atoms with van der Waals surface area (Å²) in [5.41, 5.74) is 3.78. The third-order valence-corrected chi connectivity index (χ3v) is 5.47. The maximum absolute atomic E-state index is 13.8. The first kappa shape index (κ1) is 20.8. The minimum Gasteiger partial charge on any atom is -0.478 e. The number of aliphatic carboxylic acids is 1. The highest BCUT2D eigenvalue weighted by molar-refractivity contribution is 6.19. The monoisotopic (exact) mass is 417 g/mol. The van der Waals surface area contributed by atoms with Crippen LogP contribution in [0, 0.1) is 6.92 Å². The summed E-state index contributed by atoms with van der Waals surface area (Å²) in [4.78, 5) is 16.6. The first-order valence-corrected chi connectivity index (χ1v) is 10.3. The summed E-state index contributed by atoms with van der Waals surface area (Å²) in [6.07, 6.45) is 4.55. The van der Waals surface area contributed by atoms with Gasteiger partial charge < -0.3 is 9.84 Å². The van der Waals surface area contributed by atoms with Gasteiger partial charge in [-0.25, -0.2) is 9.18 Å². The molecule has 0 aromatic heterocycles. The summed E-state index contributed by atoms with van der Waals surface area (Å²) in [7, 11) is 0. The number of benzene rings is 2. The zero-order valence-corrected chi connectivity index (χ0v) is 17.7. The molecule has 0 saturated heterocycles. The third-order valence-electron chi connectivity index (χ3n) is 5.47. The van der Waals surface area contributed by atoms with Gasteiger partial charge in [-0.15, -0.1) is 0 Å². The van der Waals surface area contributed by atoms with Gasteiger partial charge in [0, 0.05) is 5.57 Å². The van der Waals surface area contributed by atoms with Gasteiger partial charge in [-0.1, -0.05) is 32.0 Å². The number of nitrogens with zero attached hydrogens (tertiary/aromatic N) is 1. The van der Waals surface area contributed by atoms with Gasteiger partial charge in [-0.2, -0.15) is 0 Å². The Balaban J connectivity index is 1.78. The number of carbonyl (C=O) groups is 1. The molecule has 1 heterocycles. The van der Waals surface area contributed by atoms with Gasteiger partial charge in [0.05, 0.1) is 17.3 Å². The molecule has 2 unspecified atom stereocenters. The van der Waals surface area contributed by atoms with Crippen molar-refractivity contribution >= 4 is 11.7 Å². The van der Waals surface area contributed by atoms with E-state index in [0.29, 0.717) is 11.3 Å². The average molecular weight is 417 g/mol. The van der Waals surface area contributed by atoms with Gasteiger partial charge in [0.2, 0.25) is 0 Å². The normalized spacial score (nSPS) is 20.0. The lowest BCUT2D eigenvalue weighted by atomic mass is 9.87. The molecule has 158 valence electrons. The number of aliphatic imine (C=N–C) groups is 1. The van der Waals surface area contributed by atoms with Gasteiger partial charge in [0.15, 0.2) is 0 Å². The second kappa shape index (κ2) is 8.34. The molecular weight excluding hydrogens is 393 g/mol. The van der Waals surface area contributed by atoms with E-state index >= 15 is 0 Å². The summed E-state index contributed by atoms with van der Waals surface area (Å²) in [6.45, 7) is 6.14. The van der Waals surface area contributed by atoms with Crippen molar-refractivity contribution in [3.8, 4) is 11.5 Å². The van der Waals surface area contributed by atoms with Crippen LogP contribution in [0.3, 0.4) is 0 Å². The molecule has 1 aliphatic carbocycles. The van der Waals surface area contributed by atoms with E-state index in [9.17, 15) is 14.3 Å². The number of para-hydroxylation sites is 1. The number of halogens is 1. The predicted octanol–water partition coefficient (Wildman–Crippen LogP) is 6.25. The summed E-state index contributed by atoms with van der Waals surface area (Å²) in [5.74, 6) is 0.628. The van der Waals surface area contributed by atoms with Crippen molar-refractivity contribution in [1.29, 1.82) is 0 Å². The number of rotatable bonds is 5. The maximum atomic E-state index is 13.8. The number of allylic oxidation sites excluding steroid dienone is 3. The van der Waals surface area contributed by atoms with Crippen molar-refractivity contribution < 1.29 is 19.0 Å². The lowest BCUT2D eigenvalue weighted by Gasteiger charge is -2.25. The molecule has 2 atom stereocenters. The Morgan fingerprint density at radius 3 is 2.58 bits per heavy atom. The van der Waals surface area contributed by atoms with Crippen LogP contribution in [0.2, 0.25) is 0 Å². The van der Waals surface area contributed by atoms with E-state index < -0.39 is 18.2 Å². The number of ether oxygens (including phenoxy) is 1. The van der Waals surface area contributed by atoms with Gasteiger partial charge in [0.25, 0.3) is 0 Å². The molecule has 0 spiro atoms. The van der Waals surface area contributed by atoms with Crippen LogP contribution >= 0.6 is 0 Å². The molecular formula is C26H24FNO3. The molecule has 0 saturated carbocycles. The van der Waals surface area contributed by atoms with Crippen LogP contribution in [0.1, 0.15) is 42.5 Å². The third kappa shape index (κ3) is 4.22. The molecule has 1 N–H and O–H groups in total. The molecule has 4 rings (SSSR count). The molecule has 4 nitrogen and oxygen atoms in total. The Morgan fingerprint density at radius 2 is 1.90 bits per heavy atom. The number of hydrogen-bond acceptors (Lipinski definition) is 3. The second-order valence-corrected chi connectivity index (χ2v) is 8.04. The fourth-order valence-corrected chi connectivity index (χ4v) is 3.88. The van der Waals surface area contributed by atoms with Crippen molar-refractivity contribution in [3.63, 3.8) is 0 Å². The van der Waals surface area contributed by atoms with Crippen LogP contribution in [0.25, 0.3) is 0 Å². The van der Waals surface area contributed by atoms with E-state index in [1.165, 1.54) is 12.2 Å². The SMILES string of the molecule is Cc1cc(Oc2ccccc2)c(C(C)C)cc1C1C=C(C(=O)O)C2=CC(F)C=CC2=N1. The summed E-state index contributed by atoms with van der Waals surface area (Å²) in [5, 5.41) is 9.72. The molecule has 2 aliphatic rings. The van der Waals surface area contributed by atoms with Crippen LogP contribution in [-0.2, 0) is 4.79 Å². The first-order valence-electron chi connectivity index (χ1n) is 10.3. The molecule has 0 radical (unpaired) electrons. The lowest BCUT2D eigenvalue weighted by Crippen LogP contribution is -2.21. The Hall–Kier alpha value is -3.47. The van der Waals surface area contributed by atoms with Crippen molar-refractivity contribution in [2.45, 2.75) is 38.9 Å². The van der Waals surface area contributed by atoms with Crippen LogP contribution in [0.4, 0.5) is 4.39 Å². The zero-order valence-electron chi connectivity index (χ0n) is 17.7. The molecule has 31 heavy (non-hydrogen) atoms. The van der Waals surface area contributed by atoms with Crippen molar-refractivity contribution in [2.24, 2.45) is 4.99 Å². The highest BCUT2D eigenvalue weighted by Crippen LogP contribution is 2.39. The van der Waals surface area contributed by atoms with Gasteiger partial charge in [0.1, 0.15) is 17.7 Å². The highest BCUT2D eigenvalue weighted by atomic mass is 19.1. The Labute approximate surface area is 181 Å². The largest absolute Gasteiger partial charge is 0.478 e. The van der Waals surface area contributed by atoms with E-state index in [-0.39, 0.29) is 11.5 Å². The second-order valence-electron chi connectivity index (χ2n) is 8.04. The number of carboxylic acids is 1. The molecule has 0 amide bonds. The van der Waals surface area contributed by atoms with E-state index in [2.05, 4.69) is 13.8 Å². The van der Waals surface area contributed by atoms with E-state index in [4.69, 9.17) is 9.73 Å². The fourth-order valence-electron chi connectivity index (χ4n) is 3.88. The minimum absolute atomic E-state index is 0.0807. The van der Waals surface area contributed by atoms with Gasteiger partial charge in [-0.3, -0.25) is 4.99 Å².